The lowest BCUT2D eigenvalue weighted by molar-refractivity contribution is 0.136. The fraction of sp³-hybridized carbons (Fsp3) is 0.600. The van der Waals surface area contributed by atoms with E-state index in [-0.39, 0.29) is 17.1 Å². The van der Waals surface area contributed by atoms with Crippen molar-refractivity contribution in [2.24, 2.45) is 5.73 Å². The maximum absolute atomic E-state index is 6.21. The van der Waals surface area contributed by atoms with Crippen LogP contribution in [0.3, 0.4) is 0 Å². The smallest absolute Gasteiger partial charge is 0.127 e. The summed E-state index contributed by atoms with van der Waals surface area (Å²) < 4.78 is 7.32. The van der Waals surface area contributed by atoms with Gasteiger partial charge < -0.3 is 10.5 Å². The molecule has 98 valence electrons. The highest BCUT2D eigenvalue weighted by atomic mass is 79.9. The highest BCUT2D eigenvalue weighted by Crippen LogP contribution is 2.56. The van der Waals surface area contributed by atoms with Gasteiger partial charge in [0.1, 0.15) is 11.4 Å². The third kappa shape index (κ3) is 1.79. The molecule has 3 heteroatoms. The van der Waals surface area contributed by atoms with Crippen molar-refractivity contribution in [1.29, 1.82) is 0 Å². The van der Waals surface area contributed by atoms with E-state index in [4.69, 9.17) is 10.5 Å². The second-order valence-corrected chi connectivity index (χ2v) is 7.34. The molecular formula is C15H20BrNO. The Morgan fingerprint density at radius 2 is 2.00 bits per heavy atom. The molecule has 1 unspecified atom stereocenters. The van der Waals surface area contributed by atoms with Gasteiger partial charge >= 0.3 is 0 Å². The van der Waals surface area contributed by atoms with Gasteiger partial charge in [-0.15, -0.1) is 0 Å². The van der Waals surface area contributed by atoms with Crippen LogP contribution < -0.4 is 10.5 Å². The molecular weight excluding hydrogens is 290 g/mol. The topological polar surface area (TPSA) is 35.2 Å². The molecule has 0 aromatic heterocycles. The molecule has 1 heterocycles. The fourth-order valence-corrected chi connectivity index (χ4v) is 3.65. The second kappa shape index (κ2) is 3.73. The second-order valence-electron chi connectivity index (χ2n) is 6.42. The van der Waals surface area contributed by atoms with E-state index in [1.165, 1.54) is 24.0 Å². The van der Waals surface area contributed by atoms with E-state index in [1.54, 1.807) is 0 Å². The monoisotopic (exact) mass is 309 g/mol. The standard InChI is InChI=1S/C15H20BrNO/c1-9(17)15(4-5-15)12-7-11(16)6-10-8-14(2,3)18-13(10)12/h6-7,9H,4-5,8,17H2,1-3H3. The van der Waals surface area contributed by atoms with Gasteiger partial charge in [0.05, 0.1) is 0 Å². The first-order valence-corrected chi connectivity index (χ1v) is 7.41. The van der Waals surface area contributed by atoms with Crippen LogP contribution in [0.2, 0.25) is 0 Å². The van der Waals surface area contributed by atoms with Crippen molar-refractivity contribution >= 4 is 15.9 Å². The van der Waals surface area contributed by atoms with E-state index < -0.39 is 0 Å². The maximum Gasteiger partial charge on any atom is 0.127 e. The van der Waals surface area contributed by atoms with Crippen LogP contribution in [0.5, 0.6) is 5.75 Å². The molecule has 1 aromatic carbocycles. The van der Waals surface area contributed by atoms with E-state index in [0.717, 1.165) is 16.6 Å². The zero-order valence-electron chi connectivity index (χ0n) is 11.2. The minimum Gasteiger partial charge on any atom is -0.487 e. The minimum absolute atomic E-state index is 0.0915. The van der Waals surface area contributed by atoms with Gasteiger partial charge in [-0.25, -0.2) is 0 Å². The summed E-state index contributed by atoms with van der Waals surface area (Å²) in [6.45, 7) is 6.41. The summed E-state index contributed by atoms with van der Waals surface area (Å²) in [6.07, 6.45) is 3.33. The molecule has 2 aliphatic rings. The lowest BCUT2D eigenvalue weighted by Crippen LogP contribution is -2.32. The molecule has 1 aliphatic heterocycles. The molecule has 0 radical (unpaired) electrons. The summed E-state index contributed by atoms with van der Waals surface area (Å²) in [5.74, 6) is 1.10. The third-order valence-electron chi connectivity index (χ3n) is 4.32. The quantitative estimate of drug-likeness (QED) is 0.907. The minimum atomic E-state index is -0.0915. The van der Waals surface area contributed by atoms with Crippen LogP contribution in [-0.4, -0.2) is 11.6 Å². The van der Waals surface area contributed by atoms with Crippen LogP contribution in [0.4, 0.5) is 0 Å². The number of benzene rings is 1. The van der Waals surface area contributed by atoms with Crippen LogP contribution in [-0.2, 0) is 11.8 Å². The third-order valence-corrected chi connectivity index (χ3v) is 4.78. The number of hydrogen-bond acceptors (Lipinski definition) is 2. The first kappa shape index (κ1) is 12.5. The lowest BCUT2D eigenvalue weighted by Gasteiger charge is -2.24. The van der Waals surface area contributed by atoms with Crippen LogP contribution in [0.25, 0.3) is 0 Å². The average molecular weight is 310 g/mol. The van der Waals surface area contributed by atoms with Gasteiger partial charge in [0.2, 0.25) is 0 Å². The molecule has 18 heavy (non-hydrogen) atoms. The van der Waals surface area contributed by atoms with Crippen molar-refractivity contribution in [3.8, 4) is 5.75 Å². The van der Waals surface area contributed by atoms with E-state index in [9.17, 15) is 0 Å². The Balaban J connectivity index is 2.13. The molecule has 3 rings (SSSR count). The van der Waals surface area contributed by atoms with Crippen molar-refractivity contribution in [2.75, 3.05) is 0 Å². The van der Waals surface area contributed by atoms with Gasteiger partial charge in [0, 0.05) is 27.9 Å². The van der Waals surface area contributed by atoms with Crippen molar-refractivity contribution < 1.29 is 4.74 Å². The van der Waals surface area contributed by atoms with Crippen molar-refractivity contribution in [1.82, 2.24) is 0 Å². The van der Waals surface area contributed by atoms with E-state index in [0.29, 0.717) is 0 Å². The molecule has 1 atom stereocenters. The van der Waals surface area contributed by atoms with Crippen molar-refractivity contribution in [3.63, 3.8) is 0 Å². The molecule has 0 spiro atoms. The first-order valence-electron chi connectivity index (χ1n) is 6.62. The van der Waals surface area contributed by atoms with Crippen LogP contribution in [0.1, 0.15) is 44.7 Å². The van der Waals surface area contributed by atoms with E-state index in [2.05, 4.69) is 48.8 Å². The summed E-state index contributed by atoms with van der Waals surface area (Å²) in [7, 11) is 0. The summed E-state index contributed by atoms with van der Waals surface area (Å²) in [5, 5.41) is 0. The number of halogens is 1. The van der Waals surface area contributed by atoms with E-state index in [1.807, 2.05) is 0 Å². The van der Waals surface area contributed by atoms with E-state index >= 15 is 0 Å². The van der Waals surface area contributed by atoms with Gasteiger partial charge in [-0.1, -0.05) is 15.9 Å². The molecule has 2 nitrogen and oxygen atoms in total. The number of hydrogen-bond donors (Lipinski definition) is 1. The largest absolute Gasteiger partial charge is 0.487 e. The summed E-state index contributed by atoms with van der Waals surface area (Å²) in [4.78, 5) is 0. The predicted molar refractivity (Wildman–Crippen MR) is 77.1 cm³/mol. The SMILES string of the molecule is CC(N)C1(c2cc(Br)cc3c2OC(C)(C)C3)CC1. The number of fused-ring (bicyclic) bond motifs is 1. The van der Waals surface area contributed by atoms with Crippen LogP contribution in [0, 0.1) is 0 Å². The van der Waals surface area contributed by atoms with Gasteiger partial charge in [-0.05, 0) is 51.3 Å². The Hall–Kier alpha value is -0.540. The van der Waals surface area contributed by atoms with Crippen molar-refractivity contribution in [2.45, 2.75) is 57.1 Å². The Labute approximate surface area is 117 Å². The Morgan fingerprint density at radius 1 is 1.33 bits per heavy atom. The highest BCUT2D eigenvalue weighted by molar-refractivity contribution is 9.10. The summed E-state index contributed by atoms with van der Waals surface area (Å²) in [5.41, 5.74) is 8.89. The van der Waals surface area contributed by atoms with Gasteiger partial charge in [0.25, 0.3) is 0 Å². The number of rotatable bonds is 2. The molecule has 1 aliphatic carbocycles. The summed E-state index contributed by atoms with van der Waals surface area (Å²) in [6, 6.07) is 4.57. The maximum atomic E-state index is 6.21. The summed E-state index contributed by atoms with van der Waals surface area (Å²) >= 11 is 3.63. The molecule has 1 saturated carbocycles. The van der Waals surface area contributed by atoms with Gasteiger partial charge in [-0.2, -0.15) is 0 Å². The Kier molecular flexibility index (Phi) is 2.59. The fourth-order valence-electron chi connectivity index (χ4n) is 3.15. The lowest BCUT2D eigenvalue weighted by atomic mass is 9.87. The molecule has 1 aromatic rings. The normalized spacial score (nSPS) is 24.3. The number of nitrogens with two attached hydrogens (primary N) is 1. The predicted octanol–water partition coefficient (Wildman–Crippen LogP) is 3.54. The van der Waals surface area contributed by atoms with Crippen molar-refractivity contribution in [3.05, 3.63) is 27.7 Å². The zero-order chi connectivity index (χ0) is 13.1. The molecule has 0 saturated heterocycles. The van der Waals surface area contributed by atoms with Crippen LogP contribution >= 0.6 is 15.9 Å². The van der Waals surface area contributed by atoms with Crippen LogP contribution in [0.15, 0.2) is 16.6 Å². The van der Waals surface area contributed by atoms with Gasteiger partial charge in [0.15, 0.2) is 0 Å². The highest BCUT2D eigenvalue weighted by Gasteiger charge is 2.51. The average Bonchev–Trinajstić information content (AvgIpc) is 2.96. The Bertz CT molecular complexity index is 503. The first-order chi connectivity index (χ1) is 8.34. The molecule has 0 amide bonds. The number of ether oxygens (including phenoxy) is 1. The molecule has 0 bridgehead atoms. The molecule has 2 N–H and O–H groups in total. The Morgan fingerprint density at radius 3 is 2.56 bits per heavy atom. The molecule has 1 fully saturated rings. The zero-order valence-corrected chi connectivity index (χ0v) is 12.8. The van der Waals surface area contributed by atoms with Gasteiger partial charge in [-0.3, -0.25) is 0 Å².